The van der Waals surface area contributed by atoms with E-state index in [0.29, 0.717) is 5.56 Å². The molecular formula is C7H8O4S. The molecular weight excluding hydrogens is 180 g/mol. The number of aliphatic hydroxyl groups excluding tert-OH is 2. The molecule has 2 unspecified atom stereocenters. The van der Waals surface area contributed by atoms with Crippen LogP contribution in [0, 0.1) is 0 Å². The highest BCUT2D eigenvalue weighted by Crippen LogP contribution is 2.19. The van der Waals surface area contributed by atoms with Gasteiger partial charge in [-0.15, -0.1) is 0 Å². The molecule has 0 saturated heterocycles. The molecule has 2 atom stereocenters. The van der Waals surface area contributed by atoms with Crippen molar-refractivity contribution in [1.29, 1.82) is 0 Å². The Bertz CT molecular complexity index is 256. The average Bonchev–Trinajstić information content (AvgIpc) is 2.53. The Kier molecular flexibility index (Phi) is 2.80. The molecule has 4 nitrogen and oxygen atoms in total. The van der Waals surface area contributed by atoms with Crippen molar-refractivity contribution in [3.8, 4) is 0 Å². The number of aliphatic hydroxyl groups is 2. The van der Waals surface area contributed by atoms with Crippen molar-refractivity contribution in [2.45, 2.75) is 12.2 Å². The molecule has 0 aliphatic carbocycles. The van der Waals surface area contributed by atoms with Gasteiger partial charge in [0.1, 0.15) is 6.10 Å². The van der Waals surface area contributed by atoms with E-state index in [2.05, 4.69) is 0 Å². The first kappa shape index (κ1) is 9.18. The van der Waals surface area contributed by atoms with Gasteiger partial charge in [-0.05, 0) is 22.4 Å². The van der Waals surface area contributed by atoms with Gasteiger partial charge in [-0.2, -0.15) is 11.3 Å². The van der Waals surface area contributed by atoms with E-state index in [0.717, 1.165) is 0 Å². The zero-order valence-electron chi connectivity index (χ0n) is 6.04. The Morgan fingerprint density at radius 3 is 2.58 bits per heavy atom. The van der Waals surface area contributed by atoms with Crippen LogP contribution in [0.4, 0.5) is 0 Å². The van der Waals surface area contributed by atoms with Gasteiger partial charge in [0.25, 0.3) is 0 Å². The van der Waals surface area contributed by atoms with Crippen molar-refractivity contribution < 1.29 is 20.1 Å². The quantitative estimate of drug-likeness (QED) is 0.634. The van der Waals surface area contributed by atoms with Gasteiger partial charge in [-0.25, -0.2) is 4.79 Å². The van der Waals surface area contributed by atoms with E-state index < -0.39 is 18.2 Å². The lowest BCUT2D eigenvalue weighted by Gasteiger charge is -2.11. The van der Waals surface area contributed by atoms with Gasteiger partial charge in [-0.3, -0.25) is 0 Å². The molecule has 0 amide bonds. The third-order valence-corrected chi connectivity index (χ3v) is 2.14. The fraction of sp³-hybridized carbons (Fsp3) is 0.286. The molecule has 0 saturated carbocycles. The van der Waals surface area contributed by atoms with E-state index in [9.17, 15) is 9.90 Å². The van der Waals surface area contributed by atoms with Crippen LogP contribution < -0.4 is 0 Å². The SMILES string of the molecule is O=C(O)C(O)C(O)c1ccsc1. The number of aliphatic carboxylic acids is 1. The summed E-state index contributed by atoms with van der Waals surface area (Å²) in [5, 5.41) is 29.8. The van der Waals surface area contributed by atoms with Gasteiger partial charge in [0.15, 0.2) is 6.10 Å². The van der Waals surface area contributed by atoms with Gasteiger partial charge in [0.05, 0.1) is 0 Å². The first-order valence-electron chi connectivity index (χ1n) is 3.24. The molecule has 1 aromatic heterocycles. The topological polar surface area (TPSA) is 77.8 Å². The van der Waals surface area contributed by atoms with Crippen LogP contribution in [0.1, 0.15) is 11.7 Å². The molecule has 3 N–H and O–H groups in total. The maximum absolute atomic E-state index is 10.2. The summed E-state index contributed by atoms with van der Waals surface area (Å²) in [5.74, 6) is -1.42. The second kappa shape index (κ2) is 3.66. The minimum Gasteiger partial charge on any atom is -0.479 e. The predicted octanol–water partition coefficient (Wildman–Crippen LogP) is 0.227. The van der Waals surface area contributed by atoms with E-state index in [1.165, 1.54) is 11.3 Å². The summed E-state index contributed by atoms with van der Waals surface area (Å²) in [5.41, 5.74) is 0.426. The molecule has 66 valence electrons. The number of hydrogen-bond acceptors (Lipinski definition) is 4. The van der Waals surface area contributed by atoms with Crippen LogP contribution in [0.25, 0.3) is 0 Å². The number of hydrogen-bond donors (Lipinski definition) is 3. The van der Waals surface area contributed by atoms with Crippen LogP contribution in [0.2, 0.25) is 0 Å². The molecule has 0 aliphatic rings. The van der Waals surface area contributed by atoms with Crippen LogP contribution in [0.15, 0.2) is 16.8 Å². The Labute approximate surface area is 72.7 Å². The fourth-order valence-corrected chi connectivity index (χ4v) is 1.45. The lowest BCUT2D eigenvalue weighted by molar-refractivity contribution is -0.153. The summed E-state index contributed by atoms with van der Waals surface area (Å²) in [4.78, 5) is 10.2. The maximum Gasteiger partial charge on any atom is 0.335 e. The second-order valence-corrected chi connectivity index (χ2v) is 3.06. The summed E-state index contributed by atoms with van der Waals surface area (Å²) < 4.78 is 0. The Hall–Kier alpha value is -0.910. The molecule has 0 radical (unpaired) electrons. The molecule has 0 aromatic carbocycles. The van der Waals surface area contributed by atoms with Gasteiger partial charge in [0, 0.05) is 0 Å². The van der Waals surface area contributed by atoms with Crippen molar-refractivity contribution in [3.63, 3.8) is 0 Å². The lowest BCUT2D eigenvalue weighted by Crippen LogP contribution is -2.27. The normalized spacial score (nSPS) is 15.5. The molecule has 12 heavy (non-hydrogen) atoms. The predicted molar refractivity (Wildman–Crippen MR) is 42.9 cm³/mol. The minimum atomic E-state index is -1.75. The van der Waals surface area contributed by atoms with Crippen LogP contribution in [-0.4, -0.2) is 27.4 Å². The molecule has 0 bridgehead atoms. The van der Waals surface area contributed by atoms with Crippen molar-refractivity contribution in [3.05, 3.63) is 22.4 Å². The van der Waals surface area contributed by atoms with E-state index in [1.54, 1.807) is 16.8 Å². The van der Waals surface area contributed by atoms with Crippen LogP contribution in [0.3, 0.4) is 0 Å². The fourth-order valence-electron chi connectivity index (χ4n) is 0.761. The number of carboxylic acid groups (broad SMARTS) is 1. The minimum absolute atomic E-state index is 0.426. The van der Waals surface area contributed by atoms with Crippen LogP contribution >= 0.6 is 11.3 Å². The number of carboxylic acids is 1. The van der Waals surface area contributed by atoms with Crippen molar-refractivity contribution in [2.24, 2.45) is 0 Å². The van der Waals surface area contributed by atoms with Gasteiger partial charge in [-0.1, -0.05) is 0 Å². The van der Waals surface area contributed by atoms with Gasteiger partial charge < -0.3 is 15.3 Å². The van der Waals surface area contributed by atoms with Crippen molar-refractivity contribution in [1.82, 2.24) is 0 Å². The number of carbonyl (C=O) groups is 1. The highest BCUT2D eigenvalue weighted by molar-refractivity contribution is 7.07. The molecule has 1 heterocycles. The van der Waals surface area contributed by atoms with E-state index in [1.807, 2.05) is 0 Å². The Morgan fingerprint density at radius 2 is 2.17 bits per heavy atom. The first-order chi connectivity index (χ1) is 5.63. The molecule has 1 rings (SSSR count). The zero-order valence-corrected chi connectivity index (χ0v) is 6.86. The largest absolute Gasteiger partial charge is 0.479 e. The first-order valence-corrected chi connectivity index (χ1v) is 4.18. The van der Waals surface area contributed by atoms with Crippen LogP contribution in [-0.2, 0) is 4.79 Å². The van der Waals surface area contributed by atoms with Crippen molar-refractivity contribution in [2.75, 3.05) is 0 Å². The monoisotopic (exact) mass is 188 g/mol. The Morgan fingerprint density at radius 1 is 1.50 bits per heavy atom. The van der Waals surface area contributed by atoms with Gasteiger partial charge >= 0.3 is 5.97 Å². The zero-order chi connectivity index (χ0) is 9.14. The highest BCUT2D eigenvalue weighted by atomic mass is 32.1. The summed E-state index contributed by atoms with van der Waals surface area (Å²) in [6, 6.07) is 1.57. The summed E-state index contributed by atoms with van der Waals surface area (Å²) in [7, 11) is 0. The molecule has 0 spiro atoms. The van der Waals surface area contributed by atoms with E-state index in [4.69, 9.17) is 10.2 Å². The molecule has 0 fully saturated rings. The van der Waals surface area contributed by atoms with Gasteiger partial charge in [0.2, 0.25) is 0 Å². The summed E-state index contributed by atoms with van der Waals surface area (Å²) in [6.45, 7) is 0. The Balaban J connectivity index is 2.71. The standard InChI is InChI=1S/C7H8O4S/c8-5(6(9)7(10)11)4-1-2-12-3-4/h1-3,5-6,8-9H,(H,10,11). The van der Waals surface area contributed by atoms with Crippen LogP contribution in [0.5, 0.6) is 0 Å². The van der Waals surface area contributed by atoms with E-state index in [-0.39, 0.29) is 0 Å². The number of rotatable bonds is 3. The lowest BCUT2D eigenvalue weighted by atomic mass is 10.1. The number of thiophene rings is 1. The third kappa shape index (κ3) is 1.82. The average molecular weight is 188 g/mol. The summed E-state index contributed by atoms with van der Waals surface area (Å²) >= 11 is 1.33. The smallest absolute Gasteiger partial charge is 0.335 e. The second-order valence-electron chi connectivity index (χ2n) is 2.28. The van der Waals surface area contributed by atoms with Crippen molar-refractivity contribution >= 4 is 17.3 Å². The summed E-state index contributed by atoms with van der Waals surface area (Å²) in [6.07, 6.45) is -3.09. The molecule has 1 aromatic rings. The highest BCUT2D eigenvalue weighted by Gasteiger charge is 2.24. The molecule has 5 heteroatoms. The third-order valence-electron chi connectivity index (χ3n) is 1.44. The van der Waals surface area contributed by atoms with E-state index >= 15 is 0 Å². The molecule has 0 aliphatic heterocycles. The maximum atomic E-state index is 10.2.